The molecule has 1 aromatic rings. The summed E-state index contributed by atoms with van der Waals surface area (Å²) in [5, 5.41) is 3.96. The number of unbranched alkanes of at least 4 members (excludes halogenated alkanes) is 1. The van der Waals surface area contributed by atoms with E-state index in [1.807, 2.05) is 0 Å². The summed E-state index contributed by atoms with van der Waals surface area (Å²) in [6, 6.07) is 0. The number of aromatic nitrogens is 2. The fourth-order valence-corrected chi connectivity index (χ4v) is 5.68. The van der Waals surface area contributed by atoms with Gasteiger partial charge in [-0.05, 0) is 31.6 Å². The maximum Gasteiger partial charge on any atom is 0.234 e. The quantitative estimate of drug-likeness (QED) is 0.616. The molecule has 0 bridgehead atoms. The Kier molecular flexibility index (Phi) is 6.50. The van der Waals surface area contributed by atoms with Gasteiger partial charge in [-0.2, -0.15) is 5.10 Å². The van der Waals surface area contributed by atoms with Crippen LogP contribution in [0.2, 0.25) is 0 Å². The van der Waals surface area contributed by atoms with Crippen LogP contribution < -0.4 is 4.31 Å². The fourth-order valence-electron chi connectivity index (χ4n) is 2.83. The molecule has 10 heteroatoms. The summed E-state index contributed by atoms with van der Waals surface area (Å²) in [6.07, 6.45) is 5.55. The number of aryl methyl sites for hydroxylation is 1. The van der Waals surface area contributed by atoms with Crippen LogP contribution in [0.25, 0.3) is 0 Å². The highest BCUT2D eigenvalue weighted by atomic mass is 32.2. The molecular formula is C15H28N4O4S2. The van der Waals surface area contributed by atoms with Crippen molar-refractivity contribution in [1.29, 1.82) is 0 Å². The van der Waals surface area contributed by atoms with Gasteiger partial charge in [-0.15, -0.1) is 0 Å². The Morgan fingerprint density at radius 3 is 2.32 bits per heavy atom. The van der Waals surface area contributed by atoms with Crippen LogP contribution in [0.5, 0.6) is 0 Å². The van der Waals surface area contributed by atoms with E-state index in [9.17, 15) is 16.8 Å². The maximum absolute atomic E-state index is 12.3. The van der Waals surface area contributed by atoms with E-state index in [2.05, 4.69) is 12.0 Å². The summed E-state index contributed by atoms with van der Waals surface area (Å²) in [5.74, 6) is 0.498. The maximum atomic E-state index is 12.3. The van der Waals surface area contributed by atoms with Crippen LogP contribution in [0.3, 0.4) is 0 Å². The molecule has 1 saturated heterocycles. The Balaban J connectivity index is 1.81. The van der Waals surface area contributed by atoms with Crippen LogP contribution in [0.15, 0.2) is 12.4 Å². The predicted octanol–water partition coefficient (Wildman–Crippen LogP) is 1.03. The normalized spacial score (nSPS) is 17.7. The summed E-state index contributed by atoms with van der Waals surface area (Å²) in [5.41, 5.74) is 0.498. The Morgan fingerprint density at radius 2 is 1.76 bits per heavy atom. The van der Waals surface area contributed by atoms with Crippen LogP contribution in [-0.4, -0.2) is 62.6 Å². The molecule has 2 rings (SSSR count). The third kappa shape index (κ3) is 5.42. The number of hydrogen-bond acceptors (Lipinski definition) is 5. The molecule has 0 spiro atoms. The van der Waals surface area contributed by atoms with Crippen molar-refractivity contribution in [2.24, 2.45) is 13.0 Å². The second-order valence-electron chi connectivity index (χ2n) is 6.76. The van der Waals surface area contributed by atoms with Gasteiger partial charge in [0.05, 0.1) is 23.4 Å². The van der Waals surface area contributed by atoms with E-state index < -0.39 is 20.0 Å². The molecule has 1 aliphatic heterocycles. The molecule has 1 fully saturated rings. The van der Waals surface area contributed by atoms with Gasteiger partial charge in [0.15, 0.2) is 0 Å². The first-order valence-corrected chi connectivity index (χ1v) is 11.8. The van der Waals surface area contributed by atoms with Gasteiger partial charge in [-0.25, -0.2) is 21.1 Å². The molecule has 2 heterocycles. The van der Waals surface area contributed by atoms with E-state index >= 15 is 0 Å². The summed E-state index contributed by atoms with van der Waals surface area (Å²) >= 11 is 0. The smallest absolute Gasteiger partial charge is 0.234 e. The average Bonchev–Trinajstić information content (AvgIpc) is 2.97. The molecular weight excluding hydrogens is 364 g/mol. The zero-order chi connectivity index (χ0) is 18.7. The van der Waals surface area contributed by atoms with E-state index in [0.29, 0.717) is 37.5 Å². The molecule has 0 N–H and O–H groups in total. The molecule has 0 amide bonds. The van der Waals surface area contributed by atoms with Crippen molar-refractivity contribution in [2.75, 3.05) is 35.9 Å². The summed E-state index contributed by atoms with van der Waals surface area (Å²) in [4.78, 5) is 0. The summed E-state index contributed by atoms with van der Waals surface area (Å²) in [6.45, 7) is 3.28. The van der Waals surface area contributed by atoms with Crippen LogP contribution >= 0.6 is 0 Å². The fraction of sp³-hybridized carbons (Fsp3) is 0.800. The summed E-state index contributed by atoms with van der Waals surface area (Å²) in [7, 11) is -3.56. The van der Waals surface area contributed by atoms with Gasteiger partial charge in [-0.1, -0.05) is 6.92 Å². The number of hydrogen-bond donors (Lipinski definition) is 0. The number of sulfonamides is 2. The first-order valence-electron chi connectivity index (χ1n) is 8.55. The minimum atomic E-state index is -3.48. The molecule has 0 unspecified atom stereocenters. The largest absolute Gasteiger partial charge is 0.274 e. The van der Waals surface area contributed by atoms with E-state index in [1.165, 1.54) is 22.2 Å². The molecule has 0 aliphatic carbocycles. The van der Waals surface area contributed by atoms with Crippen molar-refractivity contribution in [3.8, 4) is 0 Å². The molecule has 1 aromatic heterocycles. The first kappa shape index (κ1) is 20.2. The van der Waals surface area contributed by atoms with Crippen molar-refractivity contribution in [3.63, 3.8) is 0 Å². The van der Waals surface area contributed by atoms with Crippen molar-refractivity contribution in [1.82, 2.24) is 14.1 Å². The predicted molar refractivity (Wildman–Crippen MR) is 98.4 cm³/mol. The van der Waals surface area contributed by atoms with Crippen molar-refractivity contribution in [3.05, 3.63) is 12.4 Å². The topological polar surface area (TPSA) is 92.6 Å². The van der Waals surface area contributed by atoms with Gasteiger partial charge in [-0.3, -0.25) is 8.99 Å². The number of piperidine rings is 1. The molecule has 0 atom stereocenters. The highest BCUT2D eigenvalue weighted by Crippen LogP contribution is 2.20. The lowest BCUT2D eigenvalue weighted by Crippen LogP contribution is -2.39. The van der Waals surface area contributed by atoms with Crippen LogP contribution in [0, 0.1) is 5.92 Å². The van der Waals surface area contributed by atoms with Gasteiger partial charge < -0.3 is 0 Å². The second-order valence-corrected chi connectivity index (χ2v) is 11.0. The first-order chi connectivity index (χ1) is 11.6. The Labute approximate surface area is 150 Å². The minimum absolute atomic E-state index is 0.00745. The highest BCUT2D eigenvalue weighted by Gasteiger charge is 2.26. The van der Waals surface area contributed by atoms with Crippen LogP contribution in [0.1, 0.15) is 32.6 Å². The highest BCUT2D eigenvalue weighted by molar-refractivity contribution is 7.92. The molecule has 1 aliphatic rings. The molecule has 0 aromatic carbocycles. The zero-order valence-electron chi connectivity index (χ0n) is 15.1. The molecule has 8 nitrogen and oxygen atoms in total. The molecule has 0 radical (unpaired) electrons. The van der Waals surface area contributed by atoms with Gasteiger partial charge >= 0.3 is 0 Å². The second kappa shape index (κ2) is 8.05. The Morgan fingerprint density at radius 1 is 1.16 bits per heavy atom. The number of anilines is 1. The lowest BCUT2D eigenvalue weighted by molar-refractivity contribution is 0.288. The Hall–Kier alpha value is -1.13. The van der Waals surface area contributed by atoms with Crippen LogP contribution in [0.4, 0.5) is 5.69 Å². The molecule has 144 valence electrons. The van der Waals surface area contributed by atoms with Crippen molar-refractivity contribution in [2.45, 2.75) is 32.6 Å². The van der Waals surface area contributed by atoms with Crippen LogP contribution in [-0.2, 0) is 27.1 Å². The van der Waals surface area contributed by atoms with E-state index in [1.54, 1.807) is 17.5 Å². The SMILES string of the molecule is CC1CCN(S(=O)(=O)CCCCS(=O)(=O)N(C)c2cnn(C)c2)CC1. The Bertz CT molecular complexity index is 765. The lowest BCUT2D eigenvalue weighted by Gasteiger charge is -2.29. The lowest BCUT2D eigenvalue weighted by atomic mass is 10.0. The van der Waals surface area contributed by atoms with Gasteiger partial charge in [0.2, 0.25) is 20.0 Å². The van der Waals surface area contributed by atoms with Crippen molar-refractivity contribution < 1.29 is 16.8 Å². The van der Waals surface area contributed by atoms with Gasteiger partial charge in [0.1, 0.15) is 0 Å². The number of rotatable bonds is 8. The van der Waals surface area contributed by atoms with Gasteiger partial charge in [0.25, 0.3) is 0 Å². The van der Waals surface area contributed by atoms with E-state index in [-0.39, 0.29) is 11.5 Å². The third-order valence-electron chi connectivity index (χ3n) is 4.66. The zero-order valence-corrected chi connectivity index (χ0v) is 16.8. The monoisotopic (exact) mass is 392 g/mol. The average molecular weight is 393 g/mol. The van der Waals surface area contributed by atoms with E-state index in [0.717, 1.165) is 12.8 Å². The van der Waals surface area contributed by atoms with Crippen molar-refractivity contribution >= 4 is 25.7 Å². The number of nitrogens with zero attached hydrogens (tertiary/aromatic N) is 4. The molecule has 25 heavy (non-hydrogen) atoms. The third-order valence-corrected chi connectivity index (χ3v) is 8.47. The van der Waals surface area contributed by atoms with Gasteiger partial charge in [0, 0.05) is 33.4 Å². The summed E-state index contributed by atoms with van der Waals surface area (Å²) < 4.78 is 53.6. The minimum Gasteiger partial charge on any atom is -0.274 e. The van der Waals surface area contributed by atoms with E-state index in [4.69, 9.17) is 0 Å². The standard InChI is InChI=1S/C15H28N4O4S2/c1-14-6-8-19(9-7-14)25(22,23)11-5-4-10-24(20,21)18(3)15-12-16-17(2)13-15/h12-14H,4-11H2,1-3H3. The molecule has 0 saturated carbocycles.